The van der Waals surface area contributed by atoms with Gasteiger partial charge in [0.2, 0.25) is 5.96 Å². The Balaban J connectivity index is 3.07. The molecule has 0 saturated heterocycles. The summed E-state index contributed by atoms with van der Waals surface area (Å²) in [5.41, 5.74) is 15.9. The predicted molar refractivity (Wildman–Crippen MR) is 66.7 cm³/mol. The summed E-state index contributed by atoms with van der Waals surface area (Å²) < 4.78 is 33.6. The van der Waals surface area contributed by atoms with E-state index in [0.717, 1.165) is 0 Å². The quantitative estimate of drug-likeness (QED) is 0.545. The van der Waals surface area contributed by atoms with E-state index in [1.165, 1.54) is 25.3 Å². The lowest BCUT2D eigenvalue weighted by Crippen LogP contribution is -2.26. The first-order chi connectivity index (χ1) is 8.92. The van der Waals surface area contributed by atoms with E-state index in [-0.39, 0.29) is 29.1 Å². The lowest BCUT2D eigenvalue weighted by atomic mass is 10.3. The van der Waals surface area contributed by atoms with Crippen LogP contribution in [0.2, 0.25) is 0 Å². The molecule has 0 heterocycles. The number of ether oxygens (including phenoxy) is 2. The lowest BCUT2D eigenvalue weighted by molar-refractivity contribution is -0.0511. The first-order valence-electron chi connectivity index (χ1n) is 4.99. The first kappa shape index (κ1) is 14.5. The van der Waals surface area contributed by atoms with Gasteiger partial charge in [-0.2, -0.15) is 13.8 Å². The van der Waals surface area contributed by atoms with Gasteiger partial charge < -0.3 is 26.7 Å². The van der Waals surface area contributed by atoms with E-state index in [9.17, 15) is 8.78 Å². The SMILES string of the molecule is COc1ccc(N=C(N)N=C(N)N)cc1OC(F)F. The fourth-order valence-corrected chi connectivity index (χ4v) is 1.21. The number of halogens is 2. The molecule has 6 N–H and O–H groups in total. The minimum absolute atomic E-state index is 0.139. The standard InChI is InChI=1S/C10H13F2N5O2/c1-18-6-3-2-5(4-7(6)19-8(11)12)16-10(15)17-9(13)14/h2-4,8H,1H3,(H6,13,14,15,16,17). The summed E-state index contributed by atoms with van der Waals surface area (Å²) in [5, 5.41) is 0. The van der Waals surface area contributed by atoms with Crippen LogP contribution in [0.1, 0.15) is 0 Å². The molecule has 0 atom stereocenters. The van der Waals surface area contributed by atoms with Crippen molar-refractivity contribution in [3.63, 3.8) is 0 Å². The Labute approximate surface area is 107 Å². The Morgan fingerprint density at radius 2 is 1.89 bits per heavy atom. The highest BCUT2D eigenvalue weighted by Gasteiger charge is 2.11. The Morgan fingerprint density at radius 3 is 2.42 bits per heavy atom. The van der Waals surface area contributed by atoms with Gasteiger partial charge >= 0.3 is 6.61 Å². The van der Waals surface area contributed by atoms with Gasteiger partial charge in [0.05, 0.1) is 12.8 Å². The van der Waals surface area contributed by atoms with Gasteiger partial charge in [-0.25, -0.2) is 4.99 Å². The zero-order chi connectivity index (χ0) is 14.4. The van der Waals surface area contributed by atoms with Crippen LogP contribution in [0.4, 0.5) is 14.5 Å². The maximum Gasteiger partial charge on any atom is 0.387 e. The van der Waals surface area contributed by atoms with Crippen molar-refractivity contribution in [2.24, 2.45) is 27.2 Å². The monoisotopic (exact) mass is 273 g/mol. The van der Waals surface area contributed by atoms with Crippen LogP contribution in [0.5, 0.6) is 11.5 Å². The fourth-order valence-electron chi connectivity index (χ4n) is 1.21. The van der Waals surface area contributed by atoms with E-state index in [1.807, 2.05) is 0 Å². The number of guanidine groups is 2. The second-order valence-corrected chi connectivity index (χ2v) is 3.22. The van der Waals surface area contributed by atoms with Gasteiger partial charge in [0.15, 0.2) is 17.5 Å². The maximum atomic E-state index is 12.2. The number of alkyl halides is 2. The molecule has 0 radical (unpaired) electrons. The third-order valence-corrected chi connectivity index (χ3v) is 1.85. The zero-order valence-corrected chi connectivity index (χ0v) is 10.0. The number of nitrogens with zero attached hydrogens (tertiary/aromatic N) is 2. The second kappa shape index (κ2) is 6.38. The van der Waals surface area contributed by atoms with Gasteiger partial charge in [0.25, 0.3) is 0 Å². The maximum absolute atomic E-state index is 12.2. The molecule has 104 valence electrons. The van der Waals surface area contributed by atoms with Gasteiger partial charge in [0, 0.05) is 6.07 Å². The van der Waals surface area contributed by atoms with Crippen molar-refractivity contribution < 1.29 is 18.3 Å². The Hall–Kier alpha value is -2.58. The highest BCUT2D eigenvalue weighted by molar-refractivity contribution is 5.93. The van der Waals surface area contributed by atoms with Crippen LogP contribution in [0.15, 0.2) is 28.2 Å². The van der Waals surface area contributed by atoms with Crippen LogP contribution in [0.3, 0.4) is 0 Å². The summed E-state index contributed by atoms with van der Waals surface area (Å²) in [6.45, 7) is -2.98. The molecule has 0 amide bonds. The summed E-state index contributed by atoms with van der Waals surface area (Å²) in [4.78, 5) is 7.29. The summed E-state index contributed by atoms with van der Waals surface area (Å²) in [6.07, 6.45) is 0. The molecule has 0 aliphatic rings. The molecule has 0 saturated carbocycles. The zero-order valence-electron chi connectivity index (χ0n) is 10.0. The van der Waals surface area contributed by atoms with Crippen molar-refractivity contribution in [2.75, 3.05) is 7.11 Å². The van der Waals surface area contributed by atoms with Crippen LogP contribution in [0, 0.1) is 0 Å². The first-order valence-corrected chi connectivity index (χ1v) is 4.99. The Morgan fingerprint density at radius 1 is 1.21 bits per heavy atom. The Bertz CT molecular complexity index is 501. The minimum atomic E-state index is -2.98. The van der Waals surface area contributed by atoms with Crippen molar-refractivity contribution in [1.29, 1.82) is 0 Å². The van der Waals surface area contributed by atoms with Crippen molar-refractivity contribution in [1.82, 2.24) is 0 Å². The molecule has 0 aliphatic heterocycles. The van der Waals surface area contributed by atoms with E-state index in [0.29, 0.717) is 0 Å². The fraction of sp³-hybridized carbons (Fsp3) is 0.200. The van der Waals surface area contributed by atoms with Crippen LogP contribution < -0.4 is 26.7 Å². The van der Waals surface area contributed by atoms with Crippen molar-refractivity contribution in [2.45, 2.75) is 6.61 Å². The van der Waals surface area contributed by atoms with Crippen LogP contribution >= 0.6 is 0 Å². The molecule has 9 heteroatoms. The van der Waals surface area contributed by atoms with E-state index in [2.05, 4.69) is 14.7 Å². The lowest BCUT2D eigenvalue weighted by Gasteiger charge is -2.10. The third-order valence-electron chi connectivity index (χ3n) is 1.85. The number of hydrogen-bond acceptors (Lipinski definition) is 3. The van der Waals surface area contributed by atoms with E-state index < -0.39 is 6.61 Å². The molecule has 0 unspecified atom stereocenters. The van der Waals surface area contributed by atoms with Gasteiger partial charge in [-0.05, 0) is 12.1 Å². The van der Waals surface area contributed by atoms with Crippen molar-refractivity contribution in [3.8, 4) is 11.5 Å². The van der Waals surface area contributed by atoms with Gasteiger partial charge in [-0.1, -0.05) is 0 Å². The molecule has 1 rings (SSSR count). The summed E-state index contributed by atoms with van der Waals surface area (Å²) in [6, 6.07) is 4.10. The molecular weight excluding hydrogens is 260 g/mol. The molecule has 0 aromatic heterocycles. The highest BCUT2D eigenvalue weighted by Crippen LogP contribution is 2.32. The normalized spacial score (nSPS) is 11.3. The summed E-state index contributed by atoms with van der Waals surface area (Å²) >= 11 is 0. The number of hydrogen-bond donors (Lipinski definition) is 3. The van der Waals surface area contributed by atoms with Gasteiger partial charge in [-0.15, -0.1) is 0 Å². The number of rotatable bonds is 4. The number of methoxy groups -OCH3 is 1. The van der Waals surface area contributed by atoms with Crippen LogP contribution in [-0.2, 0) is 0 Å². The third kappa shape index (κ3) is 4.66. The van der Waals surface area contributed by atoms with Crippen molar-refractivity contribution in [3.05, 3.63) is 18.2 Å². The molecule has 0 fully saturated rings. The van der Waals surface area contributed by atoms with Gasteiger partial charge in [0.1, 0.15) is 0 Å². The Kier molecular flexibility index (Phi) is 4.86. The van der Waals surface area contributed by atoms with E-state index >= 15 is 0 Å². The van der Waals surface area contributed by atoms with Crippen LogP contribution in [-0.4, -0.2) is 25.6 Å². The molecule has 19 heavy (non-hydrogen) atoms. The van der Waals surface area contributed by atoms with Gasteiger partial charge in [-0.3, -0.25) is 0 Å². The molecule has 0 spiro atoms. The molecule has 0 aliphatic carbocycles. The van der Waals surface area contributed by atoms with E-state index in [1.54, 1.807) is 0 Å². The largest absolute Gasteiger partial charge is 0.493 e. The number of nitrogens with two attached hydrogens (primary N) is 3. The average Bonchev–Trinajstić information content (AvgIpc) is 2.27. The molecular formula is C10H13F2N5O2. The summed E-state index contributed by atoms with van der Waals surface area (Å²) in [7, 11) is 1.32. The van der Waals surface area contributed by atoms with Crippen molar-refractivity contribution >= 4 is 17.6 Å². The topological polar surface area (TPSA) is 121 Å². The average molecular weight is 273 g/mol. The molecule has 1 aromatic carbocycles. The molecule has 0 bridgehead atoms. The minimum Gasteiger partial charge on any atom is -0.493 e. The smallest absolute Gasteiger partial charge is 0.387 e. The number of aliphatic imine (C=N–C) groups is 2. The summed E-state index contributed by atoms with van der Waals surface area (Å²) in [5.74, 6) is -0.511. The predicted octanol–water partition coefficient (Wildman–Crippen LogP) is 0.516. The second-order valence-electron chi connectivity index (χ2n) is 3.22. The molecule has 1 aromatic rings. The van der Waals surface area contributed by atoms with E-state index in [4.69, 9.17) is 21.9 Å². The number of benzene rings is 1. The van der Waals surface area contributed by atoms with Crippen LogP contribution in [0.25, 0.3) is 0 Å². The highest BCUT2D eigenvalue weighted by atomic mass is 19.3. The molecule has 7 nitrogen and oxygen atoms in total.